The van der Waals surface area contributed by atoms with Gasteiger partial charge in [0.15, 0.2) is 5.65 Å². The number of rotatable bonds is 3. The summed E-state index contributed by atoms with van der Waals surface area (Å²) in [5, 5.41) is 0.947. The summed E-state index contributed by atoms with van der Waals surface area (Å²) in [5.74, 6) is 0.669. The average molecular weight is 392 g/mol. The van der Waals surface area contributed by atoms with Gasteiger partial charge in [0.1, 0.15) is 5.75 Å². The van der Waals surface area contributed by atoms with Crippen LogP contribution in [0.15, 0.2) is 41.6 Å². The van der Waals surface area contributed by atoms with Crippen molar-refractivity contribution in [2.24, 2.45) is 5.73 Å². The van der Waals surface area contributed by atoms with Crippen molar-refractivity contribution in [1.82, 2.24) is 8.96 Å². The molecule has 0 saturated carbocycles. The van der Waals surface area contributed by atoms with Gasteiger partial charge in [0.2, 0.25) is 0 Å². The molecular formula is C18H18ClN3O3S. The van der Waals surface area contributed by atoms with Gasteiger partial charge in [0.25, 0.3) is 10.0 Å². The van der Waals surface area contributed by atoms with Gasteiger partial charge in [-0.3, -0.25) is 0 Å². The maximum Gasteiger partial charge on any atom is 0.269 e. The van der Waals surface area contributed by atoms with Crippen molar-refractivity contribution >= 4 is 32.7 Å². The fourth-order valence-corrected chi connectivity index (χ4v) is 5.47. The summed E-state index contributed by atoms with van der Waals surface area (Å²) in [4.78, 5) is 4.46. The molecule has 1 atom stereocenters. The second kappa shape index (κ2) is 6.26. The maximum absolute atomic E-state index is 13.4. The molecule has 1 aliphatic carbocycles. The molecule has 2 N–H and O–H groups in total. The van der Waals surface area contributed by atoms with E-state index in [9.17, 15) is 8.42 Å². The number of ether oxygens (including phenoxy) is 1. The number of halogens is 1. The Labute approximate surface area is 156 Å². The van der Waals surface area contributed by atoms with Crippen LogP contribution in [0.2, 0.25) is 5.02 Å². The molecule has 3 aromatic rings. The highest BCUT2D eigenvalue weighted by Gasteiger charge is 2.30. The molecule has 2 heterocycles. The van der Waals surface area contributed by atoms with E-state index in [1.54, 1.807) is 37.6 Å². The monoisotopic (exact) mass is 391 g/mol. The van der Waals surface area contributed by atoms with Crippen LogP contribution in [0.1, 0.15) is 17.5 Å². The Balaban J connectivity index is 1.96. The number of benzene rings is 1. The molecule has 0 radical (unpaired) electrons. The minimum Gasteiger partial charge on any atom is -0.496 e. The third-order valence-electron chi connectivity index (χ3n) is 4.82. The van der Waals surface area contributed by atoms with Crippen molar-refractivity contribution in [2.75, 3.05) is 7.11 Å². The second-order valence-electron chi connectivity index (χ2n) is 6.38. The highest BCUT2D eigenvalue weighted by Crippen LogP contribution is 2.36. The molecule has 136 valence electrons. The molecule has 2 aromatic heterocycles. The largest absolute Gasteiger partial charge is 0.496 e. The molecule has 0 amide bonds. The molecule has 0 unspecified atom stereocenters. The predicted octanol–water partition coefficient (Wildman–Crippen LogP) is 2.75. The van der Waals surface area contributed by atoms with Gasteiger partial charge < -0.3 is 10.5 Å². The van der Waals surface area contributed by atoms with Gasteiger partial charge in [0, 0.05) is 29.4 Å². The van der Waals surface area contributed by atoms with Crippen molar-refractivity contribution in [3.05, 3.63) is 52.8 Å². The third-order valence-corrected chi connectivity index (χ3v) is 6.85. The average Bonchev–Trinajstić information content (AvgIpc) is 2.98. The molecule has 8 heteroatoms. The van der Waals surface area contributed by atoms with E-state index < -0.39 is 10.0 Å². The smallest absolute Gasteiger partial charge is 0.269 e. The maximum atomic E-state index is 13.4. The molecule has 0 bridgehead atoms. The molecule has 0 spiro atoms. The fraction of sp³-hybridized carbons (Fsp3) is 0.278. The Bertz CT molecular complexity index is 1110. The summed E-state index contributed by atoms with van der Waals surface area (Å²) in [7, 11) is -2.28. The SMILES string of the molecule is COc1ccc(S(=O)(=O)n2cc(Cl)c3cccnc32)c2c1C[C@@H](N)CC2. The Kier molecular flexibility index (Phi) is 4.17. The van der Waals surface area contributed by atoms with E-state index in [0.717, 1.165) is 21.5 Å². The molecular weight excluding hydrogens is 374 g/mol. The van der Waals surface area contributed by atoms with E-state index in [1.165, 1.54) is 6.20 Å². The second-order valence-corrected chi connectivity index (χ2v) is 8.57. The zero-order valence-corrected chi connectivity index (χ0v) is 15.7. The molecule has 6 nitrogen and oxygen atoms in total. The number of nitrogens with zero attached hydrogens (tertiary/aromatic N) is 2. The van der Waals surface area contributed by atoms with Crippen LogP contribution in [0.25, 0.3) is 11.0 Å². The Morgan fingerprint density at radius 1 is 1.31 bits per heavy atom. The summed E-state index contributed by atoms with van der Waals surface area (Å²) in [6, 6.07) is 6.75. The Hall–Kier alpha value is -2.09. The number of aromatic nitrogens is 2. The molecule has 1 aromatic carbocycles. The minimum absolute atomic E-state index is 0.00197. The van der Waals surface area contributed by atoms with E-state index in [1.807, 2.05) is 0 Å². The first-order valence-corrected chi connectivity index (χ1v) is 10.1. The Morgan fingerprint density at radius 2 is 2.12 bits per heavy atom. The molecule has 0 aliphatic heterocycles. The number of hydrogen-bond donors (Lipinski definition) is 1. The van der Waals surface area contributed by atoms with Gasteiger partial charge in [-0.1, -0.05) is 11.6 Å². The van der Waals surface area contributed by atoms with Crippen LogP contribution >= 0.6 is 11.6 Å². The van der Waals surface area contributed by atoms with Crippen molar-refractivity contribution in [3.8, 4) is 5.75 Å². The first-order valence-electron chi connectivity index (χ1n) is 8.25. The standard InChI is InChI=1S/C18H18ClN3O3S/c1-25-16-6-7-17(12-5-4-11(20)9-14(12)16)26(23,24)22-10-15(19)13-3-2-8-21-18(13)22/h2-3,6-8,10-11H,4-5,9,20H2,1H3/t11-/m0/s1. The number of hydrogen-bond acceptors (Lipinski definition) is 5. The number of fused-ring (bicyclic) bond motifs is 2. The van der Waals surface area contributed by atoms with E-state index in [-0.39, 0.29) is 10.9 Å². The number of pyridine rings is 1. The summed E-state index contributed by atoms with van der Waals surface area (Å²) < 4.78 is 33.4. The van der Waals surface area contributed by atoms with E-state index in [4.69, 9.17) is 22.1 Å². The topological polar surface area (TPSA) is 87.2 Å². The lowest BCUT2D eigenvalue weighted by Crippen LogP contribution is -2.29. The van der Waals surface area contributed by atoms with Crippen LogP contribution in [-0.4, -0.2) is 30.5 Å². The molecule has 0 fully saturated rings. The van der Waals surface area contributed by atoms with Crippen molar-refractivity contribution < 1.29 is 13.2 Å². The lowest BCUT2D eigenvalue weighted by Gasteiger charge is -2.25. The van der Waals surface area contributed by atoms with Crippen molar-refractivity contribution in [1.29, 1.82) is 0 Å². The van der Waals surface area contributed by atoms with Gasteiger partial charge in [0.05, 0.1) is 17.0 Å². The Morgan fingerprint density at radius 3 is 2.88 bits per heavy atom. The number of methoxy groups -OCH3 is 1. The van der Waals surface area contributed by atoms with Crippen molar-refractivity contribution in [3.63, 3.8) is 0 Å². The van der Waals surface area contributed by atoms with Crippen LogP contribution < -0.4 is 10.5 Å². The molecule has 1 aliphatic rings. The van der Waals surface area contributed by atoms with Crippen molar-refractivity contribution in [2.45, 2.75) is 30.2 Å². The van der Waals surface area contributed by atoms with Crippen LogP contribution in [0.5, 0.6) is 5.75 Å². The zero-order valence-electron chi connectivity index (χ0n) is 14.1. The molecule has 0 saturated heterocycles. The summed E-state index contributed by atoms with van der Waals surface area (Å²) in [6.07, 6.45) is 4.86. The summed E-state index contributed by atoms with van der Waals surface area (Å²) in [6.45, 7) is 0. The predicted molar refractivity (Wildman–Crippen MR) is 100 cm³/mol. The summed E-state index contributed by atoms with van der Waals surface area (Å²) in [5.41, 5.74) is 8.03. The summed E-state index contributed by atoms with van der Waals surface area (Å²) >= 11 is 6.22. The highest BCUT2D eigenvalue weighted by atomic mass is 35.5. The fourth-order valence-electron chi connectivity index (χ4n) is 3.56. The first-order chi connectivity index (χ1) is 12.4. The minimum atomic E-state index is -3.86. The van der Waals surface area contributed by atoms with Gasteiger partial charge in [-0.2, -0.15) is 0 Å². The highest BCUT2D eigenvalue weighted by molar-refractivity contribution is 7.90. The van der Waals surface area contributed by atoms with Crippen LogP contribution in [0.4, 0.5) is 0 Å². The quantitative estimate of drug-likeness (QED) is 0.741. The van der Waals surface area contributed by atoms with E-state index in [2.05, 4.69) is 4.98 Å². The zero-order chi connectivity index (χ0) is 18.5. The lowest BCUT2D eigenvalue weighted by atomic mass is 9.88. The van der Waals surface area contributed by atoms with E-state index >= 15 is 0 Å². The van der Waals surface area contributed by atoms with Gasteiger partial charge in [-0.05, 0) is 49.1 Å². The lowest BCUT2D eigenvalue weighted by molar-refractivity contribution is 0.402. The first kappa shape index (κ1) is 17.3. The normalized spacial score (nSPS) is 17.3. The molecule has 26 heavy (non-hydrogen) atoms. The van der Waals surface area contributed by atoms with Crippen LogP contribution in [0.3, 0.4) is 0 Å². The third kappa shape index (κ3) is 2.58. The van der Waals surface area contributed by atoms with Gasteiger partial charge >= 0.3 is 0 Å². The molecule has 4 rings (SSSR count). The van der Waals surface area contributed by atoms with Crippen LogP contribution in [0, 0.1) is 0 Å². The number of nitrogens with two attached hydrogens (primary N) is 1. The van der Waals surface area contributed by atoms with Gasteiger partial charge in [-0.15, -0.1) is 0 Å². The van der Waals surface area contributed by atoms with Gasteiger partial charge in [-0.25, -0.2) is 17.4 Å². The van der Waals surface area contributed by atoms with Crippen LogP contribution in [-0.2, 0) is 22.9 Å². The van der Waals surface area contributed by atoms with E-state index in [0.29, 0.717) is 34.6 Å².